The molecular formula is C21H24N4O. The highest BCUT2D eigenvalue weighted by molar-refractivity contribution is 5.84. The molecule has 4 rings (SSSR count). The van der Waals surface area contributed by atoms with Gasteiger partial charge in [0.15, 0.2) is 0 Å². The van der Waals surface area contributed by atoms with Gasteiger partial charge in [0.05, 0.1) is 5.69 Å². The molecule has 3 aromatic rings. The minimum Gasteiger partial charge on any atom is -0.340 e. The van der Waals surface area contributed by atoms with Gasteiger partial charge in [0, 0.05) is 55.1 Å². The summed E-state index contributed by atoms with van der Waals surface area (Å²) in [6.07, 6.45) is 9.39. The third-order valence-corrected chi connectivity index (χ3v) is 5.29. The van der Waals surface area contributed by atoms with Crippen LogP contribution in [0.25, 0.3) is 22.3 Å². The van der Waals surface area contributed by atoms with Crippen LogP contribution in [0.15, 0.2) is 48.9 Å². The standard InChI is InChI=1S/C21H24N4O/c1-16-6-2-3-12-24(16)20(26)9-13-25-19(18-8-4-10-22-15-18)14-17-7-5-11-23-21(17)25/h4-5,7-8,10-11,14-16H,2-3,6,9,12-13H2,1H3. The SMILES string of the molecule is CC1CCCCN1C(=O)CCn1c(-c2cccnc2)cc2cccnc21. The highest BCUT2D eigenvalue weighted by atomic mass is 16.2. The first kappa shape index (κ1) is 16.8. The third kappa shape index (κ3) is 3.21. The van der Waals surface area contributed by atoms with Crippen molar-refractivity contribution in [1.82, 2.24) is 19.4 Å². The Morgan fingerprint density at radius 1 is 1.23 bits per heavy atom. The third-order valence-electron chi connectivity index (χ3n) is 5.29. The molecule has 0 aliphatic carbocycles. The molecule has 1 unspecified atom stereocenters. The molecular weight excluding hydrogens is 324 g/mol. The molecule has 3 aromatic heterocycles. The van der Waals surface area contributed by atoms with E-state index in [-0.39, 0.29) is 5.91 Å². The minimum absolute atomic E-state index is 0.243. The Labute approximate surface area is 153 Å². The second-order valence-corrected chi connectivity index (χ2v) is 7.02. The molecule has 0 spiro atoms. The summed E-state index contributed by atoms with van der Waals surface area (Å²) < 4.78 is 2.15. The van der Waals surface area contributed by atoms with E-state index in [4.69, 9.17) is 0 Å². The predicted molar refractivity (Wildman–Crippen MR) is 103 cm³/mol. The van der Waals surface area contributed by atoms with Crippen molar-refractivity contribution < 1.29 is 4.79 Å². The molecule has 0 radical (unpaired) electrons. The molecule has 0 aromatic carbocycles. The number of carbonyl (C=O) groups is 1. The fourth-order valence-corrected chi connectivity index (χ4v) is 3.89. The molecule has 1 amide bonds. The summed E-state index contributed by atoms with van der Waals surface area (Å²) in [6, 6.07) is 10.5. The number of likely N-dealkylation sites (tertiary alicyclic amines) is 1. The van der Waals surface area contributed by atoms with Crippen LogP contribution < -0.4 is 0 Å². The van der Waals surface area contributed by atoms with Crippen molar-refractivity contribution in [1.29, 1.82) is 0 Å². The molecule has 5 nitrogen and oxygen atoms in total. The molecule has 5 heteroatoms. The van der Waals surface area contributed by atoms with Crippen molar-refractivity contribution in [3.63, 3.8) is 0 Å². The van der Waals surface area contributed by atoms with Gasteiger partial charge < -0.3 is 9.47 Å². The van der Waals surface area contributed by atoms with Crippen LogP contribution in [0.2, 0.25) is 0 Å². The van der Waals surface area contributed by atoms with Crippen LogP contribution in [0, 0.1) is 0 Å². The Hall–Kier alpha value is -2.69. The van der Waals surface area contributed by atoms with Crippen LogP contribution in [0.3, 0.4) is 0 Å². The van der Waals surface area contributed by atoms with Crippen molar-refractivity contribution in [2.75, 3.05) is 6.54 Å². The van der Waals surface area contributed by atoms with Gasteiger partial charge in [0.25, 0.3) is 0 Å². The Morgan fingerprint density at radius 3 is 2.92 bits per heavy atom. The summed E-state index contributed by atoms with van der Waals surface area (Å²) in [6.45, 7) is 3.68. The summed E-state index contributed by atoms with van der Waals surface area (Å²) in [5.74, 6) is 0.243. The average molecular weight is 348 g/mol. The highest BCUT2D eigenvalue weighted by Crippen LogP contribution is 2.27. The lowest BCUT2D eigenvalue weighted by molar-refractivity contribution is -0.134. The number of aryl methyl sites for hydroxylation is 1. The number of fused-ring (bicyclic) bond motifs is 1. The van der Waals surface area contributed by atoms with E-state index in [2.05, 4.69) is 33.6 Å². The van der Waals surface area contributed by atoms with Crippen LogP contribution in [-0.2, 0) is 11.3 Å². The number of piperidine rings is 1. The number of rotatable bonds is 4. The van der Waals surface area contributed by atoms with E-state index in [0.29, 0.717) is 19.0 Å². The van der Waals surface area contributed by atoms with Gasteiger partial charge in [-0.1, -0.05) is 0 Å². The van der Waals surface area contributed by atoms with Crippen molar-refractivity contribution in [3.05, 3.63) is 48.9 Å². The molecule has 1 aliphatic heterocycles. The molecule has 1 fully saturated rings. The van der Waals surface area contributed by atoms with Gasteiger partial charge in [0.2, 0.25) is 5.91 Å². The fraction of sp³-hybridized carbons (Fsp3) is 0.381. The Bertz CT molecular complexity index is 903. The van der Waals surface area contributed by atoms with Gasteiger partial charge in [-0.05, 0) is 56.5 Å². The largest absolute Gasteiger partial charge is 0.340 e. The van der Waals surface area contributed by atoms with E-state index in [1.54, 1.807) is 12.4 Å². The fourth-order valence-electron chi connectivity index (χ4n) is 3.89. The first-order chi connectivity index (χ1) is 12.7. The Balaban J connectivity index is 1.62. The maximum absolute atomic E-state index is 12.8. The molecule has 1 saturated heterocycles. The number of hydrogen-bond donors (Lipinski definition) is 0. The number of amides is 1. The van der Waals surface area contributed by atoms with Crippen molar-refractivity contribution >= 4 is 16.9 Å². The predicted octanol–water partition coefficient (Wildman–Crippen LogP) is 3.89. The van der Waals surface area contributed by atoms with Crippen LogP contribution in [-0.4, -0.2) is 37.9 Å². The molecule has 0 bridgehead atoms. The Morgan fingerprint density at radius 2 is 2.12 bits per heavy atom. The Kier molecular flexibility index (Phi) is 4.69. The molecule has 1 aliphatic rings. The maximum atomic E-state index is 12.8. The van der Waals surface area contributed by atoms with Crippen molar-refractivity contribution in [2.45, 2.75) is 45.2 Å². The van der Waals surface area contributed by atoms with Crippen LogP contribution >= 0.6 is 0 Å². The lowest BCUT2D eigenvalue weighted by Gasteiger charge is -2.33. The summed E-state index contributed by atoms with van der Waals surface area (Å²) in [5, 5.41) is 1.09. The van der Waals surface area contributed by atoms with Gasteiger partial charge >= 0.3 is 0 Å². The zero-order valence-corrected chi connectivity index (χ0v) is 15.1. The van der Waals surface area contributed by atoms with E-state index in [1.165, 1.54) is 6.42 Å². The average Bonchev–Trinajstić information content (AvgIpc) is 3.06. The molecule has 134 valence electrons. The van der Waals surface area contributed by atoms with E-state index in [1.807, 2.05) is 29.3 Å². The number of carbonyl (C=O) groups excluding carboxylic acids is 1. The lowest BCUT2D eigenvalue weighted by Crippen LogP contribution is -2.42. The molecule has 1 atom stereocenters. The van der Waals surface area contributed by atoms with E-state index in [0.717, 1.165) is 41.7 Å². The van der Waals surface area contributed by atoms with Crippen LogP contribution in [0.5, 0.6) is 0 Å². The van der Waals surface area contributed by atoms with Gasteiger partial charge in [-0.3, -0.25) is 9.78 Å². The van der Waals surface area contributed by atoms with Gasteiger partial charge in [-0.2, -0.15) is 0 Å². The molecule has 4 heterocycles. The van der Waals surface area contributed by atoms with E-state index in [9.17, 15) is 4.79 Å². The van der Waals surface area contributed by atoms with Gasteiger partial charge in [0.1, 0.15) is 5.65 Å². The number of hydrogen-bond acceptors (Lipinski definition) is 3. The van der Waals surface area contributed by atoms with Crippen molar-refractivity contribution in [3.8, 4) is 11.3 Å². The number of pyridine rings is 2. The quantitative estimate of drug-likeness (QED) is 0.719. The monoisotopic (exact) mass is 348 g/mol. The first-order valence-corrected chi connectivity index (χ1v) is 9.38. The summed E-state index contributed by atoms with van der Waals surface area (Å²) in [7, 11) is 0. The molecule has 0 saturated carbocycles. The second kappa shape index (κ2) is 7.28. The van der Waals surface area contributed by atoms with Crippen LogP contribution in [0.4, 0.5) is 0 Å². The first-order valence-electron chi connectivity index (χ1n) is 9.38. The lowest BCUT2D eigenvalue weighted by atomic mass is 10.0. The second-order valence-electron chi connectivity index (χ2n) is 7.02. The summed E-state index contributed by atoms with van der Waals surface area (Å²) >= 11 is 0. The van der Waals surface area contributed by atoms with Crippen LogP contribution in [0.1, 0.15) is 32.6 Å². The highest BCUT2D eigenvalue weighted by Gasteiger charge is 2.23. The number of nitrogens with zero attached hydrogens (tertiary/aromatic N) is 4. The minimum atomic E-state index is 0.243. The smallest absolute Gasteiger partial charge is 0.224 e. The van der Waals surface area contributed by atoms with Gasteiger partial charge in [-0.15, -0.1) is 0 Å². The zero-order chi connectivity index (χ0) is 17.9. The zero-order valence-electron chi connectivity index (χ0n) is 15.1. The van der Waals surface area contributed by atoms with Gasteiger partial charge in [-0.25, -0.2) is 4.98 Å². The summed E-state index contributed by atoms with van der Waals surface area (Å²) in [5.41, 5.74) is 3.03. The topological polar surface area (TPSA) is 51.0 Å². The van der Waals surface area contributed by atoms with E-state index >= 15 is 0 Å². The maximum Gasteiger partial charge on any atom is 0.224 e. The molecule has 0 N–H and O–H groups in total. The van der Waals surface area contributed by atoms with E-state index < -0.39 is 0 Å². The molecule has 26 heavy (non-hydrogen) atoms. The summed E-state index contributed by atoms with van der Waals surface area (Å²) in [4.78, 5) is 23.6. The normalized spacial score (nSPS) is 17.6. The number of aromatic nitrogens is 3. The van der Waals surface area contributed by atoms with Crippen molar-refractivity contribution in [2.24, 2.45) is 0 Å².